The van der Waals surface area contributed by atoms with Crippen LogP contribution in [0.25, 0.3) is 11.6 Å². The van der Waals surface area contributed by atoms with Gasteiger partial charge in [0.15, 0.2) is 5.76 Å². The Bertz CT molecular complexity index is 543. The van der Waals surface area contributed by atoms with E-state index in [1.807, 2.05) is 0 Å². The third-order valence-electron chi connectivity index (χ3n) is 2.93. The molecule has 0 spiro atoms. The highest BCUT2D eigenvalue weighted by Gasteiger charge is 2.23. The van der Waals surface area contributed by atoms with Gasteiger partial charge in [-0.2, -0.15) is 0 Å². The normalized spacial score (nSPS) is 18.6. The van der Waals surface area contributed by atoms with Crippen molar-refractivity contribution >= 4 is 5.91 Å². The molecule has 100 valence electrons. The number of nitrogens with zero attached hydrogens (tertiary/aromatic N) is 2. The number of hydrogen-bond acceptors (Lipinski definition) is 5. The first-order valence-corrected chi connectivity index (χ1v) is 6.17. The van der Waals surface area contributed by atoms with Crippen molar-refractivity contribution in [2.24, 2.45) is 0 Å². The summed E-state index contributed by atoms with van der Waals surface area (Å²) in [6.07, 6.45) is 2.94. The van der Waals surface area contributed by atoms with Crippen LogP contribution in [0.4, 0.5) is 0 Å². The molecule has 1 amide bonds. The van der Waals surface area contributed by atoms with Crippen molar-refractivity contribution in [1.82, 2.24) is 20.5 Å². The molecule has 1 saturated heterocycles. The third kappa shape index (κ3) is 2.65. The molecule has 2 N–H and O–H groups in total. The van der Waals surface area contributed by atoms with Gasteiger partial charge < -0.3 is 14.5 Å². The first kappa shape index (κ1) is 11.9. The van der Waals surface area contributed by atoms with E-state index in [9.17, 15) is 4.79 Å². The number of amides is 1. The Morgan fingerprint density at radius 3 is 3.26 bits per heavy atom. The molecule has 7 nitrogen and oxygen atoms in total. The number of hydrogen-bond donors (Lipinski definition) is 2. The number of aromatic amines is 1. The molecule has 7 heteroatoms. The van der Waals surface area contributed by atoms with E-state index in [-0.39, 0.29) is 12.0 Å². The van der Waals surface area contributed by atoms with E-state index in [2.05, 4.69) is 20.5 Å². The van der Waals surface area contributed by atoms with Crippen molar-refractivity contribution in [2.75, 3.05) is 6.61 Å². The highest BCUT2D eigenvalue weighted by atomic mass is 16.5. The molecule has 1 aliphatic heterocycles. The molecule has 3 rings (SSSR count). The average Bonchev–Trinajstić information content (AvgIpc) is 3.14. The molecule has 1 atom stereocenters. The summed E-state index contributed by atoms with van der Waals surface area (Å²) in [7, 11) is 0. The van der Waals surface area contributed by atoms with Crippen LogP contribution in [-0.4, -0.2) is 33.8 Å². The van der Waals surface area contributed by atoms with Gasteiger partial charge in [0.2, 0.25) is 11.7 Å². The minimum atomic E-state index is -0.326. The molecule has 0 aliphatic carbocycles. The quantitative estimate of drug-likeness (QED) is 0.852. The number of carbonyl (C=O) groups excluding carboxylic acids is 1. The Labute approximate surface area is 109 Å². The Hall–Kier alpha value is -2.15. The van der Waals surface area contributed by atoms with Crippen molar-refractivity contribution in [1.29, 1.82) is 0 Å². The minimum Gasteiger partial charge on any atom is -0.461 e. The Kier molecular flexibility index (Phi) is 3.28. The third-order valence-corrected chi connectivity index (χ3v) is 2.93. The number of aromatic nitrogens is 3. The van der Waals surface area contributed by atoms with Crippen LogP contribution < -0.4 is 5.32 Å². The maximum Gasteiger partial charge on any atom is 0.249 e. The van der Waals surface area contributed by atoms with Gasteiger partial charge in [0.25, 0.3) is 0 Å². The monoisotopic (exact) mass is 262 g/mol. The number of ether oxygens (including phenoxy) is 1. The summed E-state index contributed by atoms with van der Waals surface area (Å²) in [5, 5.41) is 9.56. The summed E-state index contributed by atoms with van der Waals surface area (Å²) in [6.45, 7) is 0.954. The van der Waals surface area contributed by atoms with Crippen LogP contribution >= 0.6 is 0 Å². The molecule has 0 aromatic carbocycles. The summed E-state index contributed by atoms with van der Waals surface area (Å²) in [5.74, 6) is 1.55. The zero-order chi connectivity index (χ0) is 13.1. The van der Waals surface area contributed by atoms with Gasteiger partial charge in [-0.15, -0.1) is 5.10 Å². The largest absolute Gasteiger partial charge is 0.461 e. The highest BCUT2D eigenvalue weighted by molar-refractivity contribution is 5.80. The lowest BCUT2D eigenvalue weighted by molar-refractivity contribution is -0.130. The molecule has 1 fully saturated rings. The van der Waals surface area contributed by atoms with Gasteiger partial charge in [-0.05, 0) is 25.0 Å². The van der Waals surface area contributed by atoms with Crippen LogP contribution in [0.2, 0.25) is 0 Å². The van der Waals surface area contributed by atoms with E-state index in [4.69, 9.17) is 9.15 Å². The Morgan fingerprint density at radius 2 is 2.53 bits per heavy atom. The lowest BCUT2D eigenvalue weighted by atomic mass is 10.2. The molecular weight excluding hydrogens is 248 g/mol. The van der Waals surface area contributed by atoms with E-state index in [1.165, 1.54) is 0 Å². The second kappa shape index (κ2) is 5.23. The predicted octanol–water partition coefficient (Wildman–Crippen LogP) is 0.860. The first-order valence-electron chi connectivity index (χ1n) is 6.17. The second-order valence-corrected chi connectivity index (χ2v) is 4.30. The fourth-order valence-corrected chi connectivity index (χ4v) is 1.96. The van der Waals surface area contributed by atoms with Gasteiger partial charge in [0.1, 0.15) is 11.9 Å². The number of carbonyl (C=O) groups is 1. The molecule has 0 unspecified atom stereocenters. The van der Waals surface area contributed by atoms with Crippen LogP contribution in [0.1, 0.15) is 18.7 Å². The predicted molar refractivity (Wildman–Crippen MR) is 64.9 cm³/mol. The van der Waals surface area contributed by atoms with Gasteiger partial charge in [-0.25, -0.2) is 4.98 Å². The second-order valence-electron chi connectivity index (χ2n) is 4.30. The highest BCUT2D eigenvalue weighted by Crippen LogP contribution is 2.14. The molecule has 2 aromatic rings. The van der Waals surface area contributed by atoms with Gasteiger partial charge in [-0.3, -0.25) is 9.89 Å². The number of H-pyrrole nitrogens is 1. The maximum absolute atomic E-state index is 11.7. The zero-order valence-corrected chi connectivity index (χ0v) is 10.3. The van der Waals surface area contributed by atoms with Gasteiger partial charge in [-0.1, -0.05) is 0 Å². The fourth-order valence-electron chi connectivity index (χ4n) is 1.96. The summed E-state index contributed by atoms with van der Waals surface area (Å²) in [4.78, 5) is 16.0. The van der Waals surface area contributed by atoms with Crippen molar-refractivity contribution in [2.45, 2.75) is 25.5 Å². The molecule has 0 saturated carbocycles. The van der Waals surface area contributed by atoms with Gasteiger partial charge in [0.05, 0.1) is 12.8 Å². The average molecular weight is 262 g/mol. The van der Waals surface area contributed by atoms with Gasteiger partial charge in [0, 0.05) is 6.61 Å². The molecule has 1 aliphatic rings. The van der Waals surface area contributed by atoms with Crippen molar-refractivity contribution < 1.29 is 13.9 Å². The van der Waals surface area contributed by atoms with Crippen molar-refractivity contribution in [3.63, 3.8) is 0 Å². The van der Waals surface area contributed by atoms with Crippen LogP contribution in [0.15, 0.2) is 22.8 Å². The summed E-state index contributed by atoms with van der Waals surface area (Å²) < 4.78 is 10.5. The molecule has 3 heterocycles. The number of furan rings is 1. The lowest BCUT2D eigenvalue weighted by Gasteiger charge is -2.08. The van der Waals surface area contributed by atoms with Crippen molar-refractivity contribution in [3.05, 3.63) is 24.2 Å². The number of nitrogens with one attached hydrogen (secondary N) is 2. The Morgan fingerprint density at radius 1 is 1.58 bits per heavy atom. The topological polar surface area (TPSA) is 93.0 Å². The number of rotatable bonds is 4. The summed E-state index contributed by atoms with van der Waals surface area (Å²) >= 11 is 0. The standard InChI is InChI=1S/C12H14N4O3/c17-12(9-4-2-6-19-9)13-7-10-14-11(16-15-10)8-3-1-5-18-8/h1,3,5,9H,2,4,6-7H2,(H,13,17)(H,14,15,16)/t9-/m0/s1. The van der Waals surface area contributed by atoms with Crippen LogP contribution in [0.3, 0.4) is 0 Å². The van der Waals surface area contributed by atoms with Crippen LogP contribution in [0.5, 0.6) is 0 Å². The zero-order valence-electron chi connectivity index (χ0n) is 10.3. The first-order chi connectivity index (χ1) is 9.33. The fraction of sp³-hybridized carbons (Fsp3) is 0.417. The van der Waals surface area contributed by atoms with E-state index >= 15 is 0 Å². The van der Waals surface area contributed by atoms with Crippen LogP contribution in [-0.2, 0) is 16.1 Å². The molecule has 2 aromatic heterocycles. The van der Waals surface area contributed by atoms with E-state index < -0.39 is 0 Å². The summed E-state index contributed by atoms with van der Waals surface area (Å²) in [5.41, 5.74) is 0. The van der Waals surface area contributed by atoms with Gasteiger partial charge >= 0.3 is 0 Å². The minimum absolute atomic E-state index is 0.103. The molecule has 0 bridgehead atoms. The van der Waals surface area contributed by atoms with Crippen LogP contribution in [0, 0.1) is 0 Å². The van der Waals surface area contributed by atoms with E-state index in [0.29, 0.717) is 30.6 Å². The molecular formula is C12H14N4O3. The SMILES string of the molecule is O=C(NCc1nc(-c2ccco2)n[nH]1)[C@@H]1CCCO1. The Balaban J connectivity index is 1.57. The lowest BCUT2D eigenvalue weighted by Crippen LogP contribution is -2.33. The van der Waals surface area contributed by atoms with E-state index in [1.54, 1.807) is 18.4 Å². The summed E-state index contributed by atoms with van der Waals surface area (Å²) in [6, 6.07) is 3.54. The smallest absolute Gasteiger partial charge is 0.249 e. The molecule has 19 heavy (non-hydrogen) atoms. The van der Waals surface area contributed by atoms with Crippen molar-refractivity contribution in [3.8, 4) is 11.6 Å². The molecule has 0 radical (unpaired) electrons. The maximum atomic E-state index is 11.7. The van der Waals surface area contributed by atoms with E-state index in [0.717, 1.165) is 12.8 Å².